The summed E-state index contributed by atoms with van der Waals surface area (Å²) < 4.78 is 5.29. The molecule has 3 aromatic heterocycles. The van der Waals surface area contributed by atoms with Crippen molar-refractivity contribution in [1.82, 2.24) is 25.4 Å². The average Bonchev–Trinajstić information content (AvgIpc) is 3.01. The highest BCUT2D eigenvalue weighted by Crippen LogP contribution is 2.22. The summed E-state index contributed by atoms with van der Waals surface area (Å²) in [5.74, 6) is 0.786. The molecule has 0 saturated carbocycles. The highest BCUT2D eigenvalue weighted by atomic mass is 16.5. The fraction of sp³-hybridized carbons (Fsp3) is 0.278. The van der Waals surface area contributed by atoms with Gasteiger partial charge < -0.3 is 14.8 Å². The predicted molar refractivity (Wildman–Crippen MR) is 94.8 cm³/mol. The van der Waals surface area contributed by atoms with E-state index in [1.54, 1.807) is 26.1 Å². The lowest BCUT2D eigenvalue weighted by Crippen LogP contribution is -2.31. The van der Waals surface area contributed by atoms with Gasteiger partial charge >= 0.3 is 0 Å². The Bertz CT molecular complexity index is 1010. The van der Waals surface area contributed by atoms with Crippen LogP contribution < -0.4 is 10.9 Å². The van der Waals surface area contributed by atoms with Crippen molar-refractivity contribution in [3.63, 3.8) is 0 Å². The third-order valence-electron chi connectivity index (χ3n) is 3.83. The summed E-state index contributed by atoms with van der Waals surface area (Å²) in [5, 5.41) is 6.63. The maximum absolute atomic E-state index is 12.2. The lowest BCUT2D eigenvalue weighted by Gasteiger charge is -2.08. The molecule has 134 valence electrons. The second-order valence-corrected chi connectivity index (χ2v) is 6.00. The molecule has 0 aromatic carbocycles. The van der Waals surface area contributed by atoms with E-state index in [1.165, 1.54) is 6.07 Å². The Hall–Kier alpha value is -3.29. The first kappa shape index (κ1) is 17.5. The van der Waals surface area contributed by atoms with Gasteiger partial charge in [0.15, 0.2) is 5.76 Å². The molecule has 0 radical (unpaired) electrons. The van der Waals surface area contributed by atoms with E-state index in [0.717, 1.165) is 17.0 Å². The molecule has 0 saturated heterocycles. The summed E-state index contributed by atoms with van der Waals surface area (Å²) in [7, 11) is 0. The Morgan fingerprint density at radius 2 is 2.08 bits per heavy atom. The SMILES string of the molecule is Cc1cc(-c2cnc(C)nc2CCNC(=O)c2ccc(C)[nH]c2=O)on1. The number of hydrogen-bond donors (Lipinski definition) is 2. The molecular weight excluding hydrogens is 334 g/mol. The Kier molecular flexibility index (Phi) is 4.92. The monoisotopic (exact) mass is 353 g/mol. The van der Waals surface area contributed by atoms with Gasteiger partial charge in [0.2, 0.25) is 0 Å². The first-order chi connectivity index (χ1) is 12.4. The average molecular weight is 353 g/mol. The molecule has 3 rings (SSSR count). The summed E-state index contributed by atoms with van der Waals surface area (Å²) in [5.41, 5.74) is 2.62. The lowest BCUT2D eigenvalue weighted by molar-refractivity contribution is 0.0952. The second-order valence-electron chi connectivity index (χ2n) is 6.00. The van der Waals surface area contributed by atoms with Gasteiger partial charge in [0, 0.05) is 30.9 Å². The van der Waals surface area contributed by atoms with Crippen molar-refractivity contribution < 1.29 is 9.32 Å². The van der Waals surface area contributed by atoms with Gasteiger partial charge in [-0.3, -0.25) is 9.59 Å². The molecule has 8 nitrogen and oxygen atoms in total. The number of nitrogens with one attached hydrogen (secondary N) is 2. The van der Waals surface area contributed by atoms with Crippen LogP contribution in [0.25, 0.3) is 11.3 Å². The zero-order valence-corrected chi connectivity index (χ0v) is 14.8. The number of carbonyl (C=O) groups excluding carboxylic acids is 1. The fourth-order valence-electron chi connectivity index (χ4n) is 2.54. The van der Waals surface area contributed by atoms with E-state index in [1.807, 2.05) is 13.0 Å². The van der Waals surface area contributed by atoms with Gasteiger partial charge in [-0.25, -0.2) is 9.97 Å². The van der Waals surface area contributed by atoms with Gasteiger partial charge in [0.05, 0.1) is 17.0 Å². The van der Waals surface area contributed by atoms with Gasteiger partial charge in [-0.1, -0.05) is 5.16 Å². The number of pyridine rings is 1. The maximum atomic E-state index is 12.2. The number of aromatic amines is 1. The minimum absolute atomic E-state index is 0.0838. The van der Waals surface area contributed by atoms with E-state index in [2.05, 4.69) is 25.4 Å². The van der Waals surface area contributed by atoms with Gasteiger partial charge in [0.25, 0.3) is 11.5 Å². The molecule has 26 heavy (non-hydrogen) atoms. The molecule has 0 aliphatic heterocycles. The fourth-order valence-corrected chi connectivity index (χ4v) is 2.54. The Morgan fingerprint density at radius 3 is 2.77 bits per heavy atom. The zero-order chi connectivity index (χ0) is 18.7. The van der Waals surface area contributed by atoms with Crippen LogP contribution in [-0.2, 0) is 6.42 Å². The van der Waals surface area contributed by atoms with Gasteiger partial charge in [-0.05, 0) is 32.9 Å². The highest BCUT2D eigenvalue weighted by molar-refractivity contribution is 5.93. The molecule has 3 heterocycles. The van der Waals surface area contributed by atoms with Crippen LogP contribution >= 0.6 is 0 Å². The molecule has 0 aliphatic rings. The summed E-state index contributed by atoms with van der Waals surface area (Å²) in [6.07, 6.45) is 2.15. The quantitative estimate of drug-likeness (QED) is 0.722. The van der Waals surface area contributed by atoms with Crippen molar-refractivity contribution in [3.8, 4) is 11.3 Å². The third kappa shape index (κ3) is 3.85. The molecular formula is C18H19N5O3. The molecule has 0 fully saturated rings. The van der Waals surface area contributed by atoms with Crippen LogP contribution in [-0.4, -0.2) is 32.6 Å². The molecule has 8 heteroatoms. The van der Waals surface area contributed by atoms with Crippen LogP contribution in [0.1, 0.15) is 33.3 Å². The standard InChI is InChI=1S/C18H19N5O3/c1-10-4-5-13(18(25)21-10)17(24)19-7-6-15-14(9-20-12(3)22-15)16-8-11(2)23-26-16/h4-5,8-9H,6-7H2,1-3H3,(H,19,24)(H,21,25). The number of rotatable bonds is 5. The van der Waals surface area contributed by atoms with Crippen molar-refractivity contribution in [1.29, 1.82) is 0 Å². The number of carbonyl (C=O) groups is 1. The first-order valence-electron chi connectivity index (χ1n) is 8.18. The molecule has 0 unspecified atom stereocenters. The van der Waals surface area contributed by atoms with Crippen molar-refractivity contribution in [2.24, 2.45) is 0 Å². The van der Waals surface area contributed by atoms with Crippen LogP contribution in [0, 0.1) is 20.8 Å². The van der Waals surface area contributed by atoms with Crippen LogP contribution in [0.4, 0.5) is 0 Å². The first-order valence-corrected chi connectivity index (χ1v) is 8.18. The Morgan fingerprint density at radius 1 is 1.27 bits per heavy atom. The Labute approximate surface area is 149 Å². The lowest BCUT2D eigenvalue weighted by atomic mass is 10.1. The third-order valence-corrected chi connectivity index (χ3v) is 3.83. The molecule has 1 amide bonds. The van der Waals surface area contributed by atoms with E-state index in [9.17, 15) is 9.59 Å². The summed E-state index contributed by atoms with van der Waals surface area (Å²) >= 11 is 0. The molecule has 0 aliphatic carbocycles. The summed E-state index contributed by atoms with van der Waals surface area (Å²) in [4.78, 5) is 35.3. The number of amides is 1. The molecule has 0 spiro atoms. The van der Waals surface area contributed by atoms with E-state index < -0.39 is 11.5 Å². The molecule has 0 bridgehead atoms. The number of aromatic nitrogens is 4. The number of H-pyrrole nitrogens is 1. The topological polar surface area (TPSA) is 114 Å². The maximum Gasteiger partial charge on any atom is 0.260 e. The van der Waals surface area contributed by atoms with E-state index in [0.29, 0.717) is 30.2 Å². The highest BCUT2D eigenvalue weighted by Gasteiger charge is 2.14. The van der Waals surface area contributed by atoms with Crippen molar-refractivity contribution in [3.05, 3.63) is 63.2 Å². The number of aryl methyl sites for hydroxylation is 3. The van der Waals surface area contributed by atoms with Gasteiger partial charge in [-0.2, -0.15) is 0 Å². The summed E-state index contributed by atoms with van der Waals surface area (Å²) in [6, 6.07) is 5.01. The van der Waals surface area contributed by atoms with E-state index in [4.69, 9.17) is 4.52 Å². The molecule has 0 atom stereocenters. The smallest absolute Gasteiger partial charge is 0.260 e. The van der Waals surface area contributed by atoms with E-state index in [-0.39, 0.29) is 5.56 Å². The van der Waals surface area contributed by atoms with Crippen molar-refractivity contribution in [2.75, 3.05) is 6.54 Å². The van der Waals surface area contributed by atoms with Crippen LogP contribution in [0.2, 0.25) is 0 Å². The summed E-state index contributed by atoms with van der Waals surface area (Å²) in [6.45, 7) is 5.71. The second kappa shape index (κ2) is 7.30. The van der Waals surface area contributed by atoms with E-state index >= 15 is 0 Å². The van der Waals surface area contributed by atoms with Crippen LogP contribution in [0.5, 0.6) is 0 Å². The zero-order valence-electron chi connectivity index (χ0n) is 14.8. The largest absolute Gasteiger partial charge is 0.356 e. The van der Waals surface area contributed by atoms with Crippen LogP contribution in [0.3, 0.4) is 0 Å². The normalized spacial score (nSPS) is 10.7. The van der Waals surface area contributed by atoms with Gasteiger partial charge in [-0.15, -0.1) is 0 Å². The van der Waals surface area contributed by atoms with Gasteiger partial charge in [0.1, 0.15) is 11.4 Å². The van der Waals surface area contributed by atoms with Crippen molar-refractivity contribution in [2.45, 2.75) is 27.2 Å². The van der Waals surface area contributed by atoms with Crippen molar-refractivity contribution >= 4 is 5.91 Å². The minimum Gasteiger partial charge on any atom is -0.356 e. The predicted octanol–water partition coefficient (Wildman–Crippen LogP) is 1.72. The molecule has 2 N–H and O–H groups in total. The minimum atomic E-state index is -0.422. The number of hydrogen-bond acceptors (Lipinski definition) is 6. The molecule has 3 aromatic rings. The number of nitrogens with zero attached hydrogens (tertiary/aromatic N) is 3. The Balaban J connectivity index is 1.72. The van der Waals surface area contributed by atoms with Crippen LogP contribution in [0.15, 0.2) is 33.7 Å².